The zero-order valence-electron chi connectivity index (χ0n) is 8.52. The van der Waals surface area contributed by atoms with Crippen molar-refractivity contribution in [1.82, 2.24) is 15.5 Å². The first-order valence-electron chi connectivity index (χ1n) is 4.66. The Balaban J connectivity index is 2.45. The number of hydrogen-bond acceptors (Lipinski definition) is 6. The van der Waals surface area contributed by atoms with Crippen molar-refractivity contribution in [2.24, 2.45) is 5.73 Å². The van der Waals surface area contributed by atoms with Gasteiger partial charge >= 0.3 is 0 Å². The maximum absolute atomic E-state index is 11.2. The smallest absolute Gasteiger partial charge is 0.292 e. The molecular weight excluding hydrogens is 200 g/mol. The minimum atomic E-state index is -0.355. The van der Waals surface area contributed by atoms with E-state index in [2.05, 4.69) is 15.5 Å². The predicted molar refractivity (Wildman–Crippen MR) is 51.0 cm³/mol. The second-order valence-corrected chi connectivity index (χ2v) is 2.71. The quantitative estimate of drug-likeness (QED) is 0.606. The minimum absolute atomic E-state index is 0.0169. The van der Waals surface area contributed by atoms with Gasteiger partial charge in [-0.15, -0.1) is 0 Å². The lowest BCUT2D eigenvalue weighted by Gasteiger charge is -1.95. The Bertz CT molecular complexity index is 313. The molecule has 1 aromatic rings. The van der Waals surface area contributed by atoms with E-state index in [1.807, 2.05) is 6.92 Å². The first-order valence-corrected chi connectivity index (χ1v) is 4.66. The average Bonchev–Trinajstić information content (AvgIpc) is 2.67. The van der Waals surface area contributed by atoms with Gasteiger partial charge in [0.1, 0.15) is 6.61 Å². The molecule has 0 saturated carbocycles. The minimum Gasteiger partial charge on any atom is -0.370 e. The van der Waals surface area contributed by atoms with Crippen LogP contribution in [-0.4, -0.2) is 35.7 Å². The molecule has 15 heavy (non-hydrogen) atoms. The first-order chi connectivity index (χ1) is 7.27. The molecule has 0 spiro atoms. The summed E-state index contributed by atoms with van der Waals surface area (Å²) in [5.74, 6) is -0.0702. The molecule has 1 rings (SSSR count). The molecule has 0 fully saturated rings. The van der Waals surface area contributed by atoms with E-state index in [1.165, 1.54) is 0 Å². The number of nitrogens with two attached hydrogens (primary N) is 1. The average molecular weight is 214 g/mol. The highest BCUT2D eigenvalue weighted by Crippen LogP contribution is 1.98. The van der Waals surface area contributed by atoms with Crippen LogP contribution >= 0.6 is 0 Å². The molecule has 1 amide bonds. The van der Waals surface area contributed by atoms with E-state index in [-0.39, 0.29) is 24.2 Å². The number of ether oxygens (including phenoxy) is 1. The number of nitrogens with zero attached hydrogens (tertiary/aromatic N) is 2. The Morgan fingerprint density at radius 1 is 1.67 bits per heavy atom. The normalized spacial score (nSPS) is 10.3. The highest BCUT2D eigenvalue weighted by Gasteiger charge is 2.13. The number of rotatable bonds is 6. The predicted octanol–water partition coefficient (Wildman–Crippen LogP) is -0.705. The van der Waals surface area contributed by atoms with Gasteiger partial charge < -0.3 is 20.3 Å². The molecule has 0 atom stereocenters. The molecule has 0 aliphatic rings. The van der Waals surface area contributed by atoms with Crippen molar-refractivity contribution >= 4 is 5.91 Å². The zero-order chi connectivity index (χ0) is 11.1. The summed E-state index contributed by atoms with van der Waals surface area (Å²) in [6.07, 6.45) is 0. The van der Waals surface area contributed by atoms with Crippen molar-refractivity contribution in [3.63, 3.8) is 0 Å². The molecule has 84 valence electrons. The van der Waals surface area contributed by atoms with Gasteiger partial charge in [0.05, 0.1) is 6.61 Å². The van der Waals surface area contributed by atoms with Crippen LogP contribution in [0.4, 0.5) is 0 Å². The summed E-state index contributed by atoms with van der Waals surface area (Å²) >= 11 is 0. The Labute approximate surface area is 87.0 Å². The summed E-state index contributed by atoms with van der Waals surface area (Å²) < 4.78 is 9.86. The Kier molecular flexibility index (Phi) is 4.72. The van der Waals surface area contributed by atoms with E-state index in [1.54, 1.807) is 0 Å². The lowest BCUT2D eigenvalue weighted by Crippen LogP contribution is -2.23. The van der Waals surface area contributed by atoms with Gasteiger partial charge in [-0.3, -0.25) is 4.79 Å². The van der Waals surface area contributed by atoms with Crippen molar-refractivity contribution in [2.45, 2.75) is 13.5 Å². The van der Waals surface area contributed by atoms with Crippen LogP contribution in [0.15, 0.2) is 4.52 Å². The van der Waals surface area contributed by atoms with Crippen LogP contribution in [0.5, 0.6) is 0 Å². The van der Waals surface area contributed by atoms with E-state index >= 15 is 0 Å². The molecule has 0 unspecified atom stereocenters. The molecule has 0 bridgehead atoms. The first kappa shape index (κ1) is 11.6. The van der Waals surface area contributed by atoms with E-state index in [9.17, 15) is 4.79 Å². The molecule has 3 N–H and O–H groups in total. The largest absolute Gasteiger partial charge is 0.370 e. The van der Waals surface area contributed by atoms with Crippen LogP contribution in [0.1, 0.15) is 23.4 Å². The van der Waals surface area contributed by atoms with Gasteiger partial charge in [0.15, 0.2) is 0 Å². The topological polar surface area (TPSA) is 103 Å². The standard InChI is InChI=1S/C8H14N4O3/c1-2-10-8(13)7-11-6(15-12-7)5-14-4-3-9/h2-5,9H2,1H3,(H,10,13). The maximum atomic E-state index is 11.2. The molecule has 1 aromatic heterocycles. The number of nitrogens with one attached hydrogen (secondary N) is 1. The molecule has 7 heteroatoms. The number of amides is 1. The molecular formula is C8H14N4O3. The number of aromatic nitrogens is 2. The third-order valence-electron chi connectivity index (χ3n) is 1.50. The van der Waals surface area contributed by atoms with Crippen molar-refractivity contribution in [1.29, 1.82) is 0 Å². The summed E-state index contributed by atoms with van der Waals surface area (Å²) in [5, 5.41) is 6.06. The maximum Gasteiger partial charge on any atom is 0.292 e. The van der Waals surface area contributed by atoms with E-state index in [4.69, 9.17) is 15.0 Å². The van der Waals surface area contributed by atoms with E-state index in [0.717, 1.165) is 0 Å². The highest BCUT2D eigenvalue weighted by atomic mass is 16.5. The van der Waals surface area contributed by atoms with Gasteiger partial charge in [-0.05, 0) is 6.92 Å². The Morgan fingerprint density at radius 3 is 3.13 bits per heavy atom. The molecule has 0 radical (unpaired) electrons. The lowest BCUT2D eigenvalue weighted by atomic mass is 10.5. The molecule has 1 heterocycles. The number of carbonyl (C=O) groups is 1. The van der Waals surface area contributed by atoms with Crippen LogP contribution in [-0.2, 0) is 11.3 Å². The van der Waals surface area contributed by atoms with Crippen molar-refractivity contribution in [2.75, 3.05) is 19.7 Å². The third kappa shape index (κ3) is 3.64. The zero-order valence-corrected chi connectivity index (χ0v) is 8.52. The molecule has 0 saturated heterocycles. The van der Waals surface area contributed by atoms with Gasteiger partial charge in [-0.1, -0.05) is 5.16 Å². The van der Waals surface area contributed by atoms with Crippen LogP contribution in [0.25, 0.3) is 0 Å². The summed E-state index contributed by atoms with van der Waals surface area (Å²) in [6.45, 7) is 3.34. The Hall–Kier alpha value is -1.47. The monoisotopic (exact) mass is 214 g/mol. The second kappa shape index (κ2) is 6.10. The van der Waals surface area contributed by atoms with E-state index < -0.39 is 0 Å². The van der Waals surface area contributed by atoms with Gasteiger partial charge in [0.2, 0.25) is 0 Å². The van der Waals surface area contributed by atoms with Crippen LogP contribution in [0.3, 0.4) is 0 Å². The highest BCUT2D eigenvalue weighted by molar-refractivity contribution is 5.90. The summed E-state index contributed by atoms with van der Waals surface area (Å²) in [4.78, 5) is 15.1. The summed E-state index contributed by atoms with van der Waals surface area (Å²) in [5.41, 5.74) is 5.23. The van der Waals surface area contributed by atoms with Gasteiger partial charge in [-0.2, -0.15) is 4.98 Å². The molecule has 0 aliphatic carbocycles. The van der Waals surface area contributed by atoms with E-state index in [0.29, 0.717) is 19.7 Å². The van der Waals surface area contributed by atoms with Crippen molar-refractivity contribution in [3.8, 4) is 0 Å². The van der Waals surface area contributed by atoms with Crippen LogP contribution < -0.4 is 11.1 Å². The van der Waals surface area contributed by atoms with Gasteiger partial charge in [-0.25, -0.2) is 0 Å². The van der Waals surface area contributed by atoms with Crippen molar-refractivity contribution < 1.29 is 14.1 Å². The Morgan fingerprint density at radius 2 is 2.47 bits per heavy atom. The fourth-order valence-electron chi connectivity index (χ4n) is 0.888. The van der Waals surface area contributed by atoms with Crippen LogP contribution in [0, 0.1) is 0 Å². The van der Waals surface area contributed by atoms with Crippen molar-refractivity contribution in [3.05, 3.63) is 11.7 Å². The third-order valence-corrected chi connectivity index (χ3v) is 1.50. The van der Waals surface area contributed by atoms with Gasteiger partial charge in [0, 0.05) is 13.1 Å². The SMILES string of the molecule is CCNC(=O)c1noc(COCCN)n1. The van der Waals surface area contributed by atoms with Gasteiger partial charge in [0.25, 0.3) is 17.6 Å². The molecule has 0 aliphatic heterocycles. The van der Waals surface area contributed by atoms with Crippen LogP contribution in [0.2, 0.25) is 0 Å². The lowest BCUT2D eigenvalue weighted by molar-refractivity contribution is 0.0941. The number of carbonyl (C=O) groups excluding carboxylic acids is 1. The molecule has 7 nitrogen and oxygen atoms in total. The number of hydrogen-bond donors (Lipinski definition) is 2. The summed E-state index contributed by atoms with van der Waals surface area (Å²) in [7, 11) is 0. The summed E-state index contributed by atoms with van der Waals surface area (Å²) in [6, 6.07) is 0. The second-order valence-electron chi connectivity index (χ2n) is 2.71. The molecule has 0 aromatic carbocycles. The fourth-order valence-corrected chi connectivity index (χ4v) is 0.888. The fraction of sp³-hybridized carbons (Fsp3) is 0.625.